The first kappa shape index (κ1) is 24.9. The van der Waals surface area contributed by atoms with E-state index in [1.807, 2.05) is 43.3 Å². The van der Waals surface area contributed by atoms with Crippen molar-refractivity contribution in [1.29, 1.82) is 0 Å². The standard InChI is InChI=1S/C28H31N5O3/c1-18(2)32(15-14-20-6-11-24(12-7-20)33(35)36)17-21-4-9-23(10-5-21)30-19(3)27-25-16-22(29)8-13-26(25)31-28(27)34/h4-13,16,18,30H,14-15,17,29H2,1-3H3,(H,31,34). The van der Waals surface area contributed by atoms with E-state index in [-0.39, 0.29) is 16.5 Å². The van der Waals surface area contributed by atoms with Crippen molar-refractivity contribution in [1.82, 2.24) is 4.90 Å². The van der Waals surface area contributed by atoms with E-state index in [4.69, 9.17) is 5.73 Å². The van der Waals surface area contributed by atoms with Gasteiger partial charge in [0.2, 0.25) is 0 Å². The van der Waals surface area contributed by atoms with Crippen LogP contribution < -0.4 is 16.4 Å². The van der Waals surface area contributed by atoms with Crippen LogP contribution in [-0.2, 0) is 17.8 Å². The van der Waals surface area contributed by atoms with E-state index >= 15 is 0 Å². The molecule has 0 saturated carbocycles. The maximum absolute atomic E-state index is 12.5. The third kappa shape index (κ3) is 5.72. The molecule has 3 aromatic carbocycles. The summed E-state index contributed by atoms with van der Waals surface area (Å²) < 4.78 is 0. The zero-order valence-electron chi connectivity index (χ0n) is 20.7. The first-order valence-electron chi connectivity index (χ1n) is 12.0. The lowest BCUT2D eigenvalue weighted by molar-refractivity contribution is -0.384. The van der Waals surface area contributed by atoms with E-state index in [9.17, 15) is 14.9 Å². The highest BCUT2D eigenvalue weighted by Crippen LogP contribution is 2.35. The van der Waals surface area contributed by atoms with Crippen LogP contribution in [0.3, 0.4) is 0 Å². The largest absolute Gasteiger partial charge is 0.399 e. The van der Waals surface area contributed by atoms with Gasteiger partial charge in [0.1, 0.15) is 0 Å². The molecule has 0 aliphatic carbocycles. The van der Waals surface area contributed by atoms with Crippen LogP contribution in [-0.4, -0.2) is 28.3 Å². The number of fused-ring (bicyclic) bond motifs is 1. The Bertz CT molecular complexity index is 1300. The minimum Gasteiger partial charge on any atom is -0.399 e. The average Bonchev–Trinajstić information content (AvgIpc) is 3.17. The van der Waals surface area contributed by atoms with Gasteiger partial charge in [-0.25, -0.2) is 0 Å². The number of hydrogen-bond donors (Lipinski definition) is 3. The van der Waals surface area contributed by atoms with Gasteiger partial charge in [0.05, 0.1) is 10.5 Å². The van der Waals surface area contributed by atoms with E-state index < -0.39 is 0 Å². The Kier molecular flexibility index (Phi) is 7.36. The molecule has 1 aliphatic rings. The number of carbonyl (C=O) groups excluding carboxylic acids is 1. The zero-order valence-corrected chi connectivity index (χ0v) is 20.7. The Hall–Kier alpha value is -4.17. The highest BCUT2D eigenvalue weighted by Gasteiger charge is 2.26. The quantitative estimate of drug-likeness (QED) is 0.161. The van der Waals surface area contributed by atoms with Gasteiger partial charge in [-0.15, -0.1) is 0 Å². The van der Waals surface area contributed by atoms with E-state index in [0.29, 0.717) is 17.3 Å². The number of hydrogen-bond acceptors (Lipinski definition) is 6. The minimum absolute atomic E-state index is 0.112. The Labute approximate surface area is 211 Å². The van der Waals surface area contributed by atoms with Gasteiger partial charge in [-0.3, -0.25) is 19.8 Å². The topological polar surface area (TPSA) is 114 Å². The Morgan fingerprint density at radius 3 is 2.36 bits per heavy atom. The maximum Gasteiger partial charge on any atom is 0.269 e. The van der Waals surface area contributed by atoms with Crippen molar-refractivity contribution < 1.29 is 9.72 Å². The Morgan fingerprint density at radius 2 is 1.72 bits per heavy atom. The summed E-state index contributed by atoms with van der Waals surface area (Å²) in [7, 11) is 0. The SMILES string of the molecule is CC(Nc1ccc(CN(CCc2ccc([N+](=O)[O-])cc2)C(C)C)cc1)=C1C(=O)Nc2ccc(N)cc21. The van der Waals surface area contributed by atoms with Crippen molar-refractivity contribution >= 4 is 34.2 Å². The summed E-state index contributed by atoms with van der Waals surface area (Å²) in [6, 6.07) is 20.7. The molecular weight excluding hydrogens is 454 g/mol. The summed E-state index contributed by atoms with van der Waals surface area (Å²) in [4.78, 5) is 25.4. The second-order valence-electron chi connectivity index (χ2n) is 9.32. The molecule has 0 aromatic heterocycles. The third-order valence-electron chi connectivity index (χ3n) is 6.40. The fourth-order valence-electron chi connectivity index (χ4n) is 4.34. The van der Waals surface area contributed by atoms with Crippen molar-refractivity contribution in [2.75, 3.05) is 22.9 Å². The lowest BCUT2D eigenvalue weighted by Gasteiger charge is -2.26. The molecule has 8 heteroatoms. The fourth-order valence-corrected chi connectivity index (χ4v) is 4.34. The van der Waals surface area contributed by atoms with Crippen LogP contribution >= 0.6 is 0 Å². The molecule has 186 valence electrons. The number of nitrogen functional groups attached to an aromatic ring is 1. The summed E-state index contributed by atoms with van der Waals surface area (Å²) in [6.07, 6.45) is 0.816. The number of nitro groups is 1. The van der Waals surface area contributed by atoms with Gasteiger partial charge in [0.25, 0.3) is 11.6 Å². The molecule has 0 saturated heterocycles. The summed E-state index contributed by atoms with van der Waals surface area (Å²) in [5.74, 6) is -0.141. The molecule has 8 nitrogen and oxygen atoms in total. The number of rotatable bonds is 9. The Morgan fingerprint density at radius 1 is 1.06 bits per heavy atom. The average molecular weight is 486 g/mol. The number of non-ortho nitro benzene ring substituents is 1. The predicted octanol–water partition coefficient (Wildman–Crippen LogP) is 5.43. The second-order valence-corrected chi connectivity index (χ2v) is 9.32. The number of nitro benzene ring substituents is 1. The van der Waals surface area contributed by atoms with Crippen molar-refractivity contribution in [2.24, 2.45) is 0 Å². The van der Waals surface area contributed by atoms with E-state index in [1.54, 1.807) is 18.2 Å². The molecule has 0 atom stereocenters. The lowest BCUT2D eigenvalue weighted by Crippen LogP contribution is -2.32. The number of carbonyl (C=O) groups is 1. The normalized spacial score (nSPS) is 14.1. The molecule has 4 N–H and O–H groups in total. The second kappa shape index (κ2) is 10.6. The molecule has 0 bridgehead atoms. The molecule has 0 fully saturated rings. The number of nitrogens with two attached hydrogens (primary N) is 1. The first-order chi connectivity index (χ1) is 17.2. The maximum atomic E-state index is 12.5. The van der Waals surface area contributed by atoms with E-state index in [2.05, 4.69) is 41.5 Å². The first-order valence-corrected chi connectivity index (χ1v) is 12.0. The molecule has 0 radical (unpaired) electrons. The Balaban J connectivity index is 1.40. The van der Waals surface area contributed by atoms with Crippen LogP contribution in [0.4, 0.5) is 22.7 Å². The number of anilines is 3. The highest BCUT2D eigenvalue weighted by molar-refractivity contribution is 6.32. The van der Waals surface area contributed by atoms with Gasteiger partial charge in [-0.2, -0.15) is 0 Å². The highest BCUT2D eigenvalue weighted by atomic mass is 16.6. The molecular formula is C28H31N5O3. The van der Waals surface area contributed by atoms with Crippen LogP contribution in [0.25, 0.3) is 5.57 Å². The van der Waals surface area contributed by atoms with Gasteiger partial charge in [0.15, 0.2) is 0 Å². The molecule has 1 heterocycles. The monoisotopic (exact) mass is 485 g/mol. The number of amides is 1. The molecule has 3 aromatic rings. The van der Waals surface area contributed by atoms with Crippen LogP contribution in [0.15, 0.2) is 72.4 Å². The third-order valence-corrected chi connectivity index (χ3v) is 6.40. The van der Waals surface area contributed by atoms with Crippen LogP contribution in [0.5, 0.6) is 0 Å². The molecule has 0 unspecified atom stereocenters. The summed E-state index contributed by atoms with van der Waals surface area (Å²) in [5.41, 5.74) is 12.7. The summed E-state index contributed by atoms with van der Waals surface area (Å²) in [6.45, 7) is 7.86. The van der Waals surface area contributed by atoms with Crippen molar-refractivity contribution in [2.45, 2.75) is 39.8 Å². The number of allylic oxidation sites excluding steroid dienone is 1. The number of nitrogens with one attached hydrogen (secondary N) is 2. The molecule has 0 spiro atoms. The number of nitrogens with zero attached hydrogens (tertiary/aromatic N) is 2. The predicted molar refractivity (Wildman–Crippen MR) is 144 cm³/mol. The molecule has 1 amide bonds. The molecule has 4 rings (SSSR count). The van der Waals surface area contributed by atoms with Gasteiger partial charge < -0.3 is 16.4 Å². The van der Waals surface area contributed by atoms with Crippen molar-refractivity contribution in [3.8, 4) is 0 Å². The van der Waals surface area contributed by atoms with Crippen molar-refractivity contribution in [3.05, 3.63) is 99.2 Å². The molecule has 36 heavy (non-hydrogen) atoms. The van der Waals surface area contributed by atoms with Gasteiger partial charge >= 0.3 is 0 Å². The lowest BCUT2D eigenvalue weighted by atomic mass is 10.0. The van der Waals surface area contributed by atoms with Gasteiger partial charge in [0, 0.05) is 59.6 Å². The van der Waals surface area contributed by atoms with Gasteiger partial charge in [-0.05, 0) is 68.7 Å². The van der Waals surface area contributed by atoms with Gasteiger partial charge in [-0.1, -0.05) is 24.3 Å². The summed E-state index contributed by atoms with van der Waals surface area (Å²) in [5, 5.41) is 17.1. The van der Waals surface area contributed by atoms with Crippen LogP contribution in [0.1, 0.15) is 37.5 Å². The minimum atomic E-state index is -0.377. The van der Waals surface area contributed by atoms with Crippen molar-refractivity contribution in [3.63, 3.8) is 0 Å². The van der Waals surface area contributed by atoms with Crippen LogP contribution in [0, 0.1) is 10.1 Å². The van der Waals surface area contributed by atoms with E-state index in [1.165, 1.54) is 5.56 Å². The summed E-state index contributed by atoms with van der Waals surface area (Å²) >= 11 is 0. The number of benzene rings is 3. The fraction of sp³-hybridized carbons (Fsp3) is 0.250. The zero-order chi connectivity index (χ0) is 25.8. The van der Waals surface area contributed by atoms with E-state index in [0.717, 1.165) is 47.7 Å². The smallest absolute Gasteiger partial charge is 0.269 e. The van der Waals surface area contributed by atoms with Crippen LogP contribution in [0.2, 0.25) is 0 Å². The molecule has 1 aliphatic heterocycles.